The maximum absolute atomic E-state index is 9.59. The zero-order valence-corrected chi connectivity index (χ0v) is 9.26. The third-order valence-electron chi connectivity index (χ3n) is 1.76. The molecule has 0 unspecified atom stereocenters. The van der Waals surface area contributed by atoms with E-state index < -0.39 is 5.60 Å². The summed E-state index contributed by atoms with van der Waals surface area (Å²) in [6, 6.07) is 8.11. The van der Waals surface area contributed by atoms with Crippen LogP contribution in [-0.2, 0) is 5.60 Å². The van der Waals surface area contributed by atoms with Crippen LogP contribution in [0.1, 0.15) is 19.4 Å². The van der Waals surface area contributed by atoms with E-state index in [-0.39, 0.29) is 0 Å². The van der Waals surface area contributed by atoms with Crippen molar-refractivity contribution in [2.75, 3.05) is 0 Å². The Bertz CT molecular complexity index is 233. The average molecular weight is 166 g/mol. The molecule has 1 rings (SSSR count). The van der Waals surface area contributed by atoms with Gasteiger partial charge in [0.25, 0.3) is 0 Å². The fourth-order valence-electron chi connectivity index (χ4n) is 0.961. The number of benzene rings is 1. The fourth-order valence-corrected chi connectivity index (χ4v) is 1.29. The topological polar surface area (TPSA) is 20.2 Å². The average Bonchev–Trinajstić information content (AvgIpc) is 1.86. The van der Waals surface area contributed by atoms with Crippen LogP contribution in [0.15, 0.2) is 24.3 Å². The number of hydrogen-bond donors (Lipinski definition) is 1. The highest BCUT2D eigenvalue weighted by Crippen LogP contribution is 2.17. The van der Waals surface area contributed by atoms with Gasteiger partial charge in [-0.1, -0.05) is 29.5 Å². The van der Waals surface area contributed by atoms with Crippen molar-refractivity contribution in [1.29, 1.82) is 0 Å². The van der Waals surface area contributed by atoms with E-state index in [1.54, 1.807) is 13.8 Å². The first-order valence-corrected chi connectivity index (χ1v) is 4.79. The Morgan fingerprint density at radius 3 is 2.00 bits per heavy atom. The van der Waals surface area contributed by atoms with Crippen molar-refractivity contribution in [3.8, 4) is 0 Å². The molecule has 0 aliphatic heterocycles. The quantitative estimate of drug-likeness (QED) is 0.578. The molecule has 11 heavy (non-hydrogen) atoms. The molecular weight excluding hydrogens is 152 g/mol. The molecular formula is C9H14OSi. The highest BCUT2D eigenvalue weighted by molar-refractivity contribution is 6.32. The van der Waals surface area contributed by atoms with Gasteiger partial charge in [-0.3, -0.25) is 0 Å². The van der Waals surface area contributed by atoms with Crippen molar-refractivity contribution in [1.82, 2.24) is 0 Å². The predicted octanol–water partition coefficient (Wildman–Crippen LogP) is -0.0953. The van der Waals surface area contributed by atoms with Gasteiger partial charge in [-0.05, 0) is 19.4 Å². The van der Waals surface area contributed by atoms with Crippen LogP contribution in [0.4, 0.5) is 0 Å². The van der Waals surface area contributed by atoms with Gasteiger partial charge < -0.3 is 5.11 Å². The molecule has 1 nitrogen and oxygen atoms in total. The van der Waals surface area contributed by atoms with E-state index in [4.69, 9.17) is 0 Å². The van der Waals surface area contributed by atoms with Gasteiger partial charge in [-0.15, -0.1) is 0 Å². The molecule has 0 saturated carbocycles. The van der Waals surface area contributed by atoms with E-state index in [0.717, 1.165) is 15.8 Å². The molecule has 0 radical (unpaired) electrons. The second kappa shape index (κ2) is 2.79. The summed E-state index contributed by atoms with van der Waals surface area (Å²) in [7, 11) is 1.08. The van der Waals surface area contributed by atoms with Gasteiger partial charge in [0.05, 0.1) is 5.60 Å². The smallest absolute Gasteiger partial charge is 0.0840 e. The summed E-state index contributed by atoms with van der Waals surface area (Å²) in [4.78, 5) is 0. The van der Waals surface area contributed by atoms with Crippen molar-refractivity contribution in [3.05, 3.63) is 29.8 Å². The summed E-state index contributed by atoms with van der Waals surface area (Å²) in [6.07, 6.45) is 0. The van der Waals surface area contributed by atoms with Crippen molar-refractivity contribution in [3.63, 3.8) is 0 Å². The molecule has 0 heterocycles. The second-order valence-electron chi connectivity index (χ2n) is 3.43. The highest BCUT2D eigenvalue weighted by atomic mass is 28.1. The SMILES string of the molecule is CC(C)(O)c1ccc([SiH3])cc1. The summed E-state index contributed by atoms with van der Waals surface area (Å²) in [5.74, 6) is 0. The molecule has 0 atom stereocenters. The minimum atomic E-state index is -0.699. The first-order valence-electron chi connectivity index (χ1n) is 3.79. The van der Waals surface area contributed by atoms with Gasteiger partial charge in [-0.2, -0.15) is 0 Å². The van der Waals surface area contributed by atoms with Crippen molar-refractivity contribution in [2.24, 2.45) is 0 Å². The molecule has 60 valence electrons. The molecule has 0 aromatic heterocycles. The number of rotatable bonds is 1. The molecule has 0 aliphatic rings. The van der Waals surface area contributed by atoms with E-state index >= 15 is 0 Å². The summed E-state index contributed by atoms with van der Waals surface area (Å²) in [5, 5.41) is 11.0. The van der Waals surface area contributed by atoms with E-state index in [9.17, 15) is 5.11 Å². The lowest BCUT2D eigenvalue weighted by Crippen LogP contribution is -2.16. The minimum Gasteiger partial charge on any atom is -0.386 e. The van der Waals surface area contributed by atoms with Crippen molar-refractivity contribution < 1.29 is 5.11 Å². The Kier molecular flexibility index (Phi) is 2.16. The Balaban J connectivity index is 2.99. The van der Waals surface area contributed by atoms with Crippen LogP contribution in [0.2, 0.25) is 0 Å². The number of hydrogen-bond acceptors (Lipinski definition) is 1. The first kappa shape index (κ1) is 8.49. The van der Waals surface area contributed by atoms with Gasteiger partial charge in [0.1, 0.15) is 0 Å². The summed E-state index contributed by atoms with van der Waals surface area (Å²) < 4.78 is 0. The van der Waals surface area contributed by atoms with Crippen LogP contribution in [0.5, 0.6) is 0 Å². The Hall–Kier alpha value is -0.603. The maximum atomic E-state index is 9.59. The largest absolute Gasteiger partial charge is 0.386 e. The molecule has 1 aromatic carbocycles. The lowest BCUT2D eigenvalue weighted by Gasteiger charge is -2.17. The molecule has 1 N–H and O–H groups in total. The summed E-state index contributed by atoms with van der Waals surface area (Å²) in [5.41, 5.74) is 0.284. The molecule has 2 heteroatoms. The van der Waals surface area contributed by atoms with E-state index in [1.165, 1.54) is 5.19 Å². The summed E-state index contributed by atoms with van der Waals surface area (Å²) in [6.45, 7) is 3.60. The van der Waals surface area contributed by atoms with Crippen LogP contribution in [0.3, 0.4) is 0 Å². The van der Waals surface area contributed by atoms with Gasteiger partial charge in [0.15, 0.2) is 0 Å². The Labute approximate surface area is 70.5 Å². The standard InChI is InChI=1S/C9H14OSi/c1-9(2,10)7-3-5-8(11)6-4-7/h3-6,10H,1-2,11H3. The normalized spacial score (nSPS) is 11.9. The van der Waals surface area contributed by atoms with Crippen molar-refractivity contribution in [2.45, 2.75) is 19.4 Å². The lowest BCUT2D eigenvalue weighted by atomic mass is 9.99. The predicted molar refractivity (Wildman–Crippen MR) is 51.3 cm³/mol. The fraction of sp³-hybridized carbons (Fsp3) is 0.333. The van der Waals surface area contributed by atoms with Crippen LogP contribution >= 0.6 is 0 Å². The van der Waals surface area contributed by atoms with Crippen LogP contribution < -0.4 is 5.19 Å². The molecule has 0 saturated heterocycles. The van der Waals surface area contributed by atoms with Gasteiger partial charge >= 0.3 is 0 Å². The van der Waals surface area contributed by atoms with Crippen molar-refractivity contribution >= 4 is 15.4 Å². The second-order valence-corrected chi connectivity index (χ2v) is 4.58. The van der Waals surface area contributed by atoms with E-state index in [0.29, 0.717) is 0 Å². The van der Waals surface area contributed by atoms with Gasteiger partial charge in [-0.25, -0.2) is 0 Å². The van der Waals surface area contributed by atoms with Crippen LogP contribution in [-0.4, -0.2) is 15.3 Å². The van der Waals surface area contributed by atoms with Gasteiger partial charge in [0, 0.05) is 10.2 Å². The third-order valence-corrected chi connectivity index (χ3v) is 2.42. The zero-order chi connectivity index (χ0) is 8.48. The summed E-state index contributed by atoms with van der Waals surface area (Å²) >= 11 is 0. The Morgan fingerprint density at radius 2 is 1.64 bits per heavy atom. The van der Waals surface area contributed by atoms with E-state index in [2.05, 4.69) is 12.1 Å². The molecule has 0 aliphatic carbocycles. The zero-order valence-electron chi connectivity index (χ0n) is 7.26. The van der Waals surface area contributed by atoms with Crippen LogP contribution in [0.25, 0.3) is 0 Å². The van der Waals surface area contributed by atoms with E-state index in [1.807, 2.05) is 12.1 Å². The third kappa shape index (κ3) is 2.17. The molecule has 1 aromatic rings. The monoisotopic (exact) mass is 166 g/mol. The van der Waals surface area contributed by atoms with Gasteiger partial charge in [0.2, 0.25) is 0 Å². The maximum Gasteiger partial charge on any atom is 0.0840 e. The molecule has 0 spiro atoms. The molecule has 0 fully saturated rings. The number of aliphatic hydroxyl groups is 1. The molecule has 0 amide bonds. The Morgan fingerprint density at radius 1 is 1.18 bits per heavy atom. The highest BCUT2D eigenvalue weighted by Gasteiger charge is 2.14. The minimum absolute atomic E-state index is 0.699. The molecule has 0 bridgehead atoms. The first-order chi connectivity index (χ1) is 5.00. The van der Waals surface area contributed by atoms with Crippen LogP contribution in [0, 0.1) is 0 Å². The lowest BCUT2D eigenvalue weighted by molar-refractivity contribution is 0.0786.